The van der Waals surface area contributed by atoms with E-state index in [1.807, 2.05) is 60.0 Å². The highest BCUT2D eigenvalue weighted by atomic mass is 32.1. The second kappa shape index (κ2) is 8.53. The smallest absolute Gasteiger partial charge is 0.343 e. The Bertz CT molecular complexity index is 1480. The van der Waals surface area contributed by atoms with Gasteiger partial charge in [-0.15, -0.1) is 11.3 Å². The lowest BCUT2D eigenvalue weighted by Crippen LogP contribution is -2.40. The SMILES string of the molecule is CC1=C(C(=O)Oc2ccccc2)[C@H](c2ccccc2)n2c(s/c(=C\c3cccs3)c2=O)=N1. The molecule has 0 saturated heterocycles. The van der Waals surface area contributed by atoms with Crippen LogP contribution in [0.4, 0.5) is 0 Å². The third kappa shape index (κ3) is 3.77. The van der Waals surface area contributed by atoms with Crippen LogP contribution < -0.4 is 19.6 Å². The average molecular weight is 459 g/mol. The number of aromatic nitrogens is 1. The van der Waals surface area contributed by atoms with Crippen LogP contribution >= 0.6 is 22.7 Å². The van der Waals surface area contributed by atoms with E-state index in [0.29, 0.717) is 26.4 Å². The van der Waals surface area contributed by atoms with Crippen molar-refractivity contribution in [2.24, 2.45) is 4.99 Å². The van der Waals surface area contributed by atoms with Gasteiger partial charge in [0.2, 0.25) is 0 Å². The van der Waals surface area contributed by atoms with E-state index < -0.39 is 12.0 Å². The third-order valence-corrected chi connectivity index (χ3v) is 6.93. The molecule has 1 aliphatic heterocycles. The summed E-state index contributed by atoms with van der Waals surface area (Å²) in [5.74, 6) is -0.0707. The minimum atomic E-state index is -0.617. The van der Waals surface area contributed by atoms with E-state index in [4.69, 9.17) is 4.74 Å². The van der Waals surface area contributed by atoms with Gasteiger partial charge < -0.3 is 4.74 Å². The lowest BCUT2D eigenvalue weighted by molar-refractivity contribution is -0.130. The standard InChI is InChI=1S/C25H18N2O3S2/c1-16-21(24(29)30-18-11-6-3-7-12-18)22(17-9-4-2-5-10-17)27-23(28)20(32-25(27)26-16)15-19-13-8-14-31-19/h2-15,22H,1H3/b20-15-/t22-/m0/s1. The highest BCUT2D eigenvalue weighted by Crippen LogP contribution is 2.31. The van der Waals surface area contributed by atoms with Crippen molar-refractivity contribution in [3.05, 3.63) is 120 Å². The Morgan fingerprint density at radius 3 is 2.44 bits per heavy atom. The van der Waals surface area contributed by atoms with Crippen molar-refractivity contribution in [1.82, 2.24) is 4.57 Å². The fourth-order valence-corrected chi connectivity index (χ4v) is 5.46. The van der Waals surface area contributed by atoms with Gasteiger partial charge in [-0.25, -0.2) is 9.79 Å². The maximum atomic E-state index is 13.5. The normalized spacial score (nSPS) is 15.9. The molecule has 0 radical (unpaired) electrons. The molecule has 1 aliphatic rings. The molecule has 0 fully saturated rings. The van der Waals surface area contributed by atoms with Crippen molar-refractivity contribution in [3.63, 3.8) is 0 Å². The summed E-state index contributed by atoms with van der Waals surface area (Å²) < 4.78 is 7.83. The van der Waals surface area contributed by atoms with Gasteiger partial charge >= 0.3 is 5.97 Å². The predicted octanol–water partition coefficient (Wildman–Crippen LogP) is 3.90. The van der Waals surface area contributed by atoms with Crippen LogP contribution in [-0.4, -0.2) is 10.5 Å². The van der Waals surface area contributed by atoms with E-state index in [-0.39, 0.29) is 5.56 Å². The molecule has 0 bridgehead atoms. The molecule has 0 spiro atoms. The van der Waals surface area contributed by atoms with E-state index >= 15 is 0 Å². The largest absolute Gasteiger partial charge is 0.423 e. The van der Waals surface area contributed by atoms with Crippen LogP contribution in [0.15, 0.2) is 99.2 Å². The van der Waals surface area contributed by atoms with Crippen molar-refractivity contribution in [2.75, 3.05) is 0 Å². The van der Waals surface area contributed by atoms with E-state index in [0.717, 1.165) is 10.4 Å². The quantitative estimate of drug-likeness (QED) is 0.344. The monoisotopic (exact) mass is 458 g/mol. The van der Waals surface area contributed by atoms with Gasteiger partial charge in [0.15, 0.2) is 4.80 Å². The Labute approximate surface area is 191 Å². The van der Waals surface area contributed by atoms with Crippen molar-refractivity contribution in [2.45, 2.75) is 13.0 Å². The third-order valence-electron chi connectivity index (χ3n) is 5.13. The van der Waals surface area contributed by atoms with Crippen molar-refractivity contribution in [1.29, 1.82) is 0 Å². The molecule has 5 rings (SSSR count). The number of hydrogen-bond donors (Lipinski definition) is 0. The maximum Gasteiger partial charge on any atom is 0.343 e. The molecule has 5 nitrogen and oxygen atoms in total. The number of rotatable bonds is 4. The zero-order chi connectivity index (χ0) is 22.1. The lowest BCUT2D eigenvalue weighted by Gasteiger charge is -2.24. The van der Waals surface area contributed by atoms with Gasteiger partial charge in [-0.1, -0.05) is 65.9 Å². The molecule has 3 heterocycles. The second-order valence-corrected chi connectivity index (χ2v) is 9.20. The summed E-state index contributed by atoms with van der Waals surface area (Å²) in [5.41, 5.74) is 1.55. The van der Waals surface area contributed by atoms with Crippen LogP contribution in [0.5, 0.6) is 5.75 Å². The van der Waals surface area contributed by atoms with E-state index in [1.165, 1.54) is 11.3 Å². The molecular formula is C25H18N2O3S2. The molecule has 0 N–H and O–H groups in total. The Kier molecular flexibility index (Phi) is 5.43. The molecule has 158 valence electrons. The van der Waals surface area contributed by atoms with Crippen LogP contribution in [0.2, 0.25) is 0 Å². The minimum absolute atomic E-state index is 0.173. The van der Waals surface area contributed by atoms with E-state index in [9.17, 15) is 9.59 Å². The molecule has 0 aliphatic carbocycles. The summed E-state index contributed by atoms with van der Waals surface area (Å²) in [6.45, 7) is 1.79. The van der Waals surface area contributed by atoms with Crippen LogP contribution in [-0.2, 0) is 4.79 Å². The first-order chi connectivity index (χ1) is 15.6. The zero-order valence-corrected chi connectivity index (χ0v) is 18.7. The van der Waals surface area contributed by atoms with Crippen LogP contribution in [0.1, 0.15) is 23.4 Å². The Morgan fingerprint density at radius 2 is 1.75 bits per heavy atom. The summed E-state index contributed by atoms with van der Waals surface area (Å²) in [5, 5.41) is 1.97. The number of fused-ring (bicyclic) bond motifs is 1. The number of thiophene rings is 1. The highest BCUT2D eigenvalue weighted by molar-refractivity contribution is 7.11. The summed E-state index contributed by atoms with van der Waals surface area (Å²) in [6, 6.07) is 21.7. The van der Waals surface area contributed by atoms with Gasteiger partial charge in [0.1, 0.15) is 5.75 Å². The molecule has 7 heteroatoms. The van der Waals surface area contributed by atoms with Crippen molar-refractivity contribution in [3.8, 4) is 5.75 Å². The molecule has 0 unspecified atom stereocenters. The Morgan fingerprint density at radius 1 is 1.03 bits per heavy atom. The number of hydrogen-bond acceptors (Lipinski definition) is 6. The number of carbonyl (C=O) groups excluding carboxylic acids is 1. The topological polar surface area (TPSA) is 60.7 Å². The molecule has 32 heavy (non-hydrogen) atoms. The molecule has 2 aromatic heterocycles. The average Bonchev–Trinajstić information content (AvgIpc) is 3.42. The summed E-state index contributed by atoms with van der Waals surface area (Å²) in [7, 11) is 0. The van der Waals surface area contributed by atoms with Gasteiger partial charge in [0.25, 0.3) is 5.56 Å². The number of carbonyl (C=O) groups is 1. The van der Waals surface area contributed by atoms with Crippen LogP contribution in [0.3, 0.4) is 0 Å². The predicted molar refractivity (Wildman–Crippen MR) is 127 cm³/mol. The first kappa shape index (κ1) is 20.4. The minimum Gasteiger partial charge on any atom is -0.423 e. The number of nitrogens with zero attached hydrogens (tertiary/aromatic N) is 2. The number of para-hydroxylation sites is 1. The van der Waals surface area contributed by atoms with Gasteiger partial charge in [-0.05, 0) is 42.1 Å². The van der Waals surface area contributed by atoms with Gasteiger partial charge in [0, 0.05) is 4.88 Å². The number of esters is 1. The van der Waals surface area contributed by atoms with Crippen molar-refractivity contribution < 1.29 is 9.53 Å². The molecule has 4 aromatic rings. The first-order valence-corrected chi connectivity index (χ1v) is 11.7. The fraction of sp³-hybridized carbons (Fsp3) is 0.0800. The molecule has 0 amide bonds. The molecule has 1 atom stereocenters. The molecule has 0 saturated carbocycles. The summed E-state index contributed by atoms with van der Waals surface area (Å²) in [4.78, 5) is 32.9. The lowest BCUT2D eigenvalue weighted by atomic mass is 9.96. The Hall–Kier alpha value is -3.55. The maximum absolute atomic E-state index is 13.5. The second-order valence-electron chi connectivity index (χ2n) is 7.21. The fourth-order valence-electron chi connectivity index (χ4n) is 3.69. The highest BCUT2D eigenvalue weighted by Gasteiger charge is 2.33. The van der Waals surface area contributed by atoms with Crippen LogP contribution in [0.25, 0.3) is 6.08 Å². The van der Waals surface area contributed by atoms with E-state index in [1.54, 1.807) is 47.1 Å². The first-order valence-electron chi connectivity index (χ1n) is 10.00. The molecule has 2 aromatic carbocycles. The number of thiazole rings is 1. The van der Waals surface area contributed by atoms with Crippen LogP contribution in [0, 0.1) is 0 Å². The molecular weight excluding hydrogens is 440 g/mol. The number of allylic oxidation sites excluding steroid dienone is 1. The summed E-state index contributed by atoms with van der Waals surface area (Å²) in [6.07, 6.45) is 1.87. The van der Waals surface area contributed by atoms with Gasteiger partial charge in [0.05, 0.1) is 21.8 Å². The van der Waals surface area contributed by atoms with E-state index in [2.05, 4.69) is 4.99 Å². The Balaban J connectivity index is 1.68. The number of ether oxygens (including phenoxy) is 1. The zero-order valence-electron chi connectivity index (χ0n) is 17.1. The number of benzene rings is 2. The van der Waals surface area contributed by atoms with Crippen molar-refractivity contribution >= 4 is 34.7 Å². The van der Waals surface area contributed by atoms with Gasteiger partial charge in [-0.2, -0.15) is 0 Å². The van der Waals surface area contributed by atoms with Gasteiger partial charge in [-0.3, -0.25) is 9.36 Å². The summed E-state index contributed by atoms with van der Waals surface area (Å²) >= 11 is 2.89.